The number of amides is 1. The lowest BCUT2D eigenvalue weighted by atomic mass is 9.89. The maximum absolute atomic E-state index is 11.8. The predicted molar refractivity (Wildman–Crippen MR) is 89.8 cm³/mol. The molecule has 0 atom stereocenters. The Bertz CT molecular complexity index is 755. The van der Waals surface area contributed by atoms with Crippen molar-refractivity contribution in [3.8, 4) is 11.1 Å². The van der Waals surface area contributed by atoms with Crippen LogP contribution in [-0.4, -0.2) is 22.3 Å². The lowest BCUT2D eigenvalue weighted by Gasteiger charge is -2.29. The molecule has 0 radical (unpaired) electrons. The summed E-state index contributed by atoms with van der Waals surface area (Å²) in [5.41, 5.74) is 9.01. The van der Waals surface area contributed by atoms with Gasteiger partial charge in [-0.3, -0.25) is 4.79 Å². The van der Waals surface area contributed by atoms with E-state index in [0.717, 1.165) is 13.0 Å². The highest BCUT2D eigenvalue weighted by atomic mass is 16.2. The number of rotatable bonds is 2. The van der Waals surface area contributed by atoms with Crippen LogP contribution in [0.3, 0.4) is 0 Å². The van der Waals surface area contributed by atoms with Crippen molar-refractivity contribution < 1.29 is 4.79 Å². The van der Waals surface area contributed by atoms with E-state index < -0.39 is 0 Å². The molecule has 0 saturated carbocycles. The number of hydrogen-bond acceptors (Lipinski definition) is 1. The lowest BCUT2D eigenvalue weighted by molar-refractivity contribution is -0.126. The standard InChI is InChI=1S/C19H22N2O/c1-5-18(22)21-10-9-16-15(11-21)7-6-8-17(16)19-12(2)13(3)20-14(19)4/h5-8,20H,1,9-11H2,2-4H3. The number of H-pyrrole nitrogens is 1. The van der Waals surface area contributed by atoms with Crippen LogP contribution in [0.5, 0.6) is 0 Å². The summed E-state index contributed by atoms with van der Waals surface area (Å²) in [6.07, 6.45) is 2.30. The van der Waals surface area contributed by atoms with Crippen molar-refractivity contribution in [1.29, 1.82) is 0 Å². The fourth-order valence-electron chi connectivity index (χ4n) is 3.47. The van der Waals surface area contributed by atoms with Gasteiger partial charge in [0.1, 0.15) is 0 Å². The van der Waals surface area contributed by atoms with Crippen molar-refractivity contribution in [2.45, 2.75) is 33.7 Å². The van der Waals surface area contributed by atoms with E-state index in [1.165, 1.54) is 45.3 Å². The molecule has 3 rings (SSSR count). The molecule has 2 aromatic rings. The molecule has 114 valence electrons. The number of aromatic nitrogens is 1. The first kappa shape index (κ1) is 14.6. The second-order valence-corrected chi connectivity index (χ2v) is 6.03. The van der Waals surface area contributed by atoms with Gasteiger partial charge >= 0.3 is 0 Å². The van der Waals surface area contributed by atoms with Crippen molar-refractivity contribution in [3.05, 3.63) is 58.9 Å². The minimum atomic E-state index is 0.0147. The molecule has 1 N–H and O–H groups in total. The quantitative estimate of drug-likeness (QED) is 0.843. The highest BCUT2D eigenvalue weighted by Gasteiger charge is 2.23. The Morgan fingerprint density at radius 3 is 2.68 bits per heavy atom. The predicted octanol–water partition coefficient (Wildman–Crippen LogP) is 3.68. The molecule has 0 fully saturated rings. The summed E-state index contributed by atoms with van der Waals surface area (Å²) in [4.78, 5) is 17.1. The fraction of sp³-hybridized carbons (Fsp3) is 0.316. The molecule has 1 aliphatic rings. The Morgan fingerprint density at radius 1 is 1.27 bits per heavy atom. The van der Waals surface area contributed by atoms with Crippen LogP contribution in [-0.2, 0) is 17.8 Å². The van der Waals surface area contributed by atoms with Gasteiger partial charge in [0.05, 0.1) is 0 Å². The zero-order valence-electron chi connectivity index (χ0n) is 13.5. The van der Waals surface area contributed by atoms with Gasteiger partial charge in [-0.2, -0.15) is 0 Å². The van der Waals surface area contributed by atoms with E-state index in [2.05, 4.69) is 50.5 Å². The van der Waals surface area contributed by atoms with Gasteiger partial charge in [0, 0.05) is 30.0 Å². The van der Waals surface area contributed by atoms with Gasteiger partial charge < -0.3 is 9.88 Å². The summed E-state index contributed by atoms with van der Waals surface area (Å²) in [5.74, 6) is 0.0147. The van der Waals surface area contributed by atoms with E-state index in [9.17, 15) is 4.79 Å². The first-order chi connectivity index (χ1) is 10.5. The number of aromatic amines is 1. The number of nitrogens with one attached hydrogen (secondary N) is 1. The number of carbonyl (C=O) groups is 1. The third-order valence-electron chi connectivity index (χ3n) is 4.71. The van der Waals surface area contributed by atoms with Gasteiger partial charge in [0.15, 0.2) is 0 Å². The van der Waals surface area contributed by atoms with Crippen LogP contribution >= 0.6 is 0 Å². The largest absolute Gasteiger partial charge is 0.362 e. The van der Waals surface area contributed by atoms with Crippen LogP contribution < -0.4 is 0 Å². The molecule has 0 aliphatic carbocycles. The van der Waals surface area contributed by atoms with E-state index in [1.54, 1.807) is 0 Å². The number of benzene rings is 1. The number of hydrogen-bond donors (Lipinski definition) is 1. The maximum atomic E-state index is 11.8. The molecule has 0 spiro atoms. The summed E-state index contributed by atoms with van der Waals surface area (Å²) in [6.45, 7) is 11.4. The van der Waals surface area contributed by atoms with Gasteiger partial charge in [0.2, 0.25) is 5.91 Å². The Labute approximate surface area is 131 Å². The third kappa shape index (κ3) is 2.27. The van der Waals surface area contributed by atoms with Crippen LogP contribution in [0.15, 0.2) is 30.9 Å². The van der Waals surface area contributed by atoms with Gasteiger partial charge in [-0.05, 0) is 55.5 Å². The Hall–Kier alpha value is -2.29. The molecule has 3 nitrogen and oxygen atoms in total. The molecule has 3 heteroatoms. The zero-order valence-corrected chi connectivity index (χ0v) is 13.5. The van der Waals surface area contributed by atoms with Crippen LogP contribution in [0.25, 0.3) is 11.1 Å². The van der Waals surface area contributed by atoms with E-state index >= 15 is 0 Å². The molecule has 1 aromatic carbocycles. The van der Waals surface area contributed by atoms with Crippen molar-refractivity contribution in [2.24, 2.45) is 0 Å². The van der Waals surface area contributed by atoms with Gasteiger partial charge in [0.25, 0.3) is 0 Å². The van der Waals surface area contributed by atoms with Gasteiger partial charge in [-0.25, -0.2) is 0 Å². The Morgan fingerprint density at radius 2 is 2.05 bits per heavy atom. The molecule has 0 saturated heterocycles. The summed E-state index contributed by atoms with van der Waals surface area (Å²) < 4.78 is 0. The maximum Gasteiger partial charge on any atom is 0.246 e. The van der Waals surface area contributed by atoms with E-state index in [4.69, 9.17) is 0 Å². The summed E-state index contributed by atoms with van der Waals surface area (Å²) in [5, 5.41) is 0. The molecule has 1 amide bonds. The number of aryl methyl sites for hydroxylation is 2. The van der Waals surface area contributed by atoms with E-state index in [-0.39, 0.29) is 5.91 Å². The molecule has 1 aliphatic heterocycles. The molecule has 0 bridgehead atoms. The normalized spacial score (nSPS) is 13.9. The molecule has 22 heavy (non-hydrogen) atoms. The highest BCUT2D eigenvalue weighted by molar-refractivity contribution is 5.87. The summed E-state index contributed by atoms with van der Waals surface area (Å²) in [6, 6.07) is 6.43. The monoisotopic (exact) mass is 294 g/mol. The topological polar surface area (TPSA) is 36.1 Å². The van der Waals surface area contributed by atoms with Crippen molar-refractivity contribution in [3.63, 3.8) is 0 Å². The first-order valence-electron chi connectivity index (χ1n) is 7.71. The van der Waals surface area contributed by atoms with Crippen LogP contribution in [0.2, 0.25) is 0 Å². The van der Waals surface area contributed by atoms with Crippen molar-refractivity contribution in [1.82, 2.24) is 9.88 Å². The van der Waals surface area contributed by atoms with Crippen molar-refractivity contribution in [2.75, 3.05) is 6.54 Å². The fourth-order valence-corrected chi connectivity index (χ4v) is 3.47. The van der Waals surface area contributed by atoms with Gasteiger partial charge in [-0.15, -0.1) is 0 Å². The zero-order chi connectivity index (χ0) is 15.9. The first-order valence-corrected chi connectivity index (χ1v) is 7.71. The Kier molecular flexibility index (Phi) is 3.65. The average molecular weight is 294 g/mol. The lowest BCUT2D eigenvalue weighted by Crippen LogP contribution is -2.34. The number of nitrogens with zero attached hydrogens (tertiary/aromatic N) is 1. The molecule has 2 heterocycles. The second-order valence-electron chi connectivity index (χ2n) is 6.03. The summed E-state index contributed by atoms with van der Waals surface area (Å²) >= 11 is 0. The molecular weight excluding hydrogens is 272 g/mol. The van der Waals surface area contributed by atoms with Crippen LogP contribution in [0.4, 0.5) is 0 Å². The SMILES string of the molecule is C=CC(=O)N1CCc2c(cccc2-c2c(C)[nH]c(C)c2C)C1. The molecular formula is C19H22N2O. The average Bonchev–Trinajstić information content (AvgIpc) is 2.78. The molecule has 0 unspecified atom stereocenters. The Balaban J connectivity index is 2.07. The van der Waals surface area contributed by atoms with E-state index in [1.807, 2.05) is 4.90 Å². The van der Waals surface area contributed by atoms with Crippen LogP contribution in [0.1, 0.15) is 28.1 Å². The number of carbonyl (C=O) groups excluding carboxylic acids is 1. The van der Waals surface area contributed by atoms with Crippen LogP contribution in [0, 0.1) is 20.8 Å². The van der Waals surface area contributed by atoms with Gasteiger partial charge in [-0.1, -0.05) is 24.8 Å². The molecule has 1 aromatic heterocycles. The minimum absolute atomic E-state index is 0.0147. The number of fused-ring (bicyclic) bond motifs is 1. The summed E-state index contributed by atoms with van der Waals surface area (Å²) in [7, 11) is 0. The van der Waals surface area contributed by atoms with Crippen molar-refractivity contribution >= 4 is 5.91 Å². The third-order valence-corrected chi connectivity index (χ3v) is 4.71. The van der Waals surface area contributed by atoms with E-state index in [0.29, 0.717) is 6.54 Å². The highest BCUT2D eigenvalue weighted by Crippen LogP contribution is 2.35. The smallest absolute Gasteiger partial charge is 0.246 e. The second kappa shape index (κ2) is 5.48. The minimum Gasteiger partial charge on any atom is -0.362 e.